The van der Waals surface area contributed by atoms with Crippen molar-refractivity contribution < 1.29 is 14.5 Å². The molecule has 0 aliphatic heterocycles. The number of likely N-dealkylation sites (N-methyl/N-ethyl adjacent to an activating group) is 1. The average Bonchev–Trinajstić information content (AvgIpc) is 2.24. The third-order valence-corrected chi connectivity index (χ3v) is 3.37. The predicted molar refractivity (Wildman–Crippen MR) is 74.1 cm³/mol. The number of carboxylic acids is 1. The maximum atomic E-state index is 11.6. The Kier molecular flexibility index (Phi) is 9.02. The van der Waals surface area contributed by atoms with Crippen LogP contribution < -0.4 is 0 Å². The molecule has 108 valence electrons. The molecule has 1 atom stereocenters. The molecular weight excluding hydrogens is 230 g/mol. The molecule has 1 N–H and O–H groups in total. The van der Waals surface area contributed by atoms with Gasteiger partial charge in [0.05, 0.1) is 14.1 Å². The van der Waals surface area contributed by atoms with Gasteiger partial charge in [0.25, 0.3) is 0 Å². The van der Waals surface area contributed by atoms with Crippen molar-refractivity contribution in [1.29, 1.82) is 0 Å². The van der Waals surface area contributed by atoms with Crippen LogP contribution in [0.3, 0.4) is 0 Å². The van der Waals surface area contributed by atoms with Gasteiger partial charge in [0.2, 0.25) is 0 Å². The van der Waals surface area contributed by atoms with E-state index >= 15 is 0 Å². The van der Waals surface area contributed by atoms with Crippen LogP contribution >= 0.6 is 0 Å². The van der Waals surface area contributed by atoms with Gasteiger partial charge in [-0.05, 0) is 6.42 Å². The summed E-state index contributed by atoms with van der Waals surface area (Å²) in [6, 6.07) is -0.815. The molecule has 0 rings (SSSR count). The lowest BCUT2D eigenvalue weighted by atomic mass is 10.0. The molecule has 0 aromatic carbocycles. The van der Waals surface area contributed by atoms with E-state index < -0.39 is 16.7 Å². The highest BCUT2D eigenvalue weighted by atomic mass is 16.5. The minimum absolute atomic E-state index is 0.487. The van der Waals surface area contributed by atoms with Crippen LogP contribution in [0.4, 0.5) is 0 Å². The van der Waals surface area contributed by atoms with Gasteiger partial charge in [0.1, 0.15) is 0 Å². The first kappa shape index (κ1) is 17.4. The van der Waals surface area contributed by atoms with Crippen molar-refractivity contribution in [3.05, 3.63) is 5.21 Å². The summed E-state index contributed by atoms with van der Waals surface area (Å²) in [5, 5.41) is 20.6. The van der Waals surface area contributed by atoms with E-state index in [2.05, 4.69) is 6.92 Å². The largest absolute Gasteiger partial charge is 0.633 e. The molecule has 0 aliphatic rings. The predicted octanol–water partition coefficient (Wildman–Crippen LogP) is 3.54. The van der Waals surface area contributed by atoms with E-state index in [1.165, 1.54) is 46.2 Å². The van der Waals surface area contributed by atoms with Gasteiger partial charge in [-0.1, -0.05) is 51.9 Å². The number of carboxylic acid groups (broad SMARTS) is 1. The van der Waals surface area contributed by atoms with Crippen LogP contribution in [0.25, 0.3) is 0 Å². The average molecular weight is 259 g/mol. The van der Waals surface area contributed by atoms with Crippen molar-refractivity contribution in [2.24, 2.45) is 0 Å². The third-order valence-electron chi connectivity index (χ3n) is 3.37. The lowest BCUT2D eigenvalue weighted by Gasteiger charge is -2.39. The second-order valence-electron chi connectivity index (χ2n) is 5.55. The summed E-state index contributed by atoms with van der Waals surface area (Å²) in [7, 11) is 2.81. The van der Waals surface area contributed by atoms with E-state index in [9.17, 15) is 10.0 Å². The first-order valence-corrected chi connectivity index (χ1v) is 7.17. The van der Waals surface area contributed by atoms with Crippen LogP contribution in [-0.4, -0.2) is 35.9 Å². The minimum atomic E-state index is -0.974. The van der Waals surface area contributed by atoms with Gasteiger partial charge in [0.15, 0.2) is 6.04 Å². The maximum Gasteiger partial charge on any atom is 0.362 e. The van der Waals surface area contributed by atoms with Gasteiger partial charge in [0, 0.05) is 6.42 Å². The number of quaternary nitrogens is 1. The highest BCUT2D eigenvalue weighted by Gasteiger charge is 2.27. The molecule has 0 bridgehead atoms. The third kappa shape index (κ3) is 8.48. The van der Waals surface area contributed by atoms with Crippen LogP contribution in [0.2, 0.25) is 0 Å². The summed E-state index contributed by atoms with van der Waals surface area (Å²) in [4.78, 5) is 11.0. The smallest absolute Gasteiger partial charge is 0.362 e. The second kappa shape index (κ2) is 9.34. The zero-order valence-electron chi connectivity index (χ0n) is 12.2. The fourth-order valence-corrected chi connectivity index (χ4v) is 2.17. The second-order valence-corrected chi connectivity index (χ2v) is 5.55. The molecule has 0 saturated heterocycles. The molecule has 18 heavy (non-hydrogen) atoms. The monoisotopic (exact) mass is 259 g/mol. The van der Waals surface area contributed by atoms with Crippen molar-refractivity contribution in [1.82, 2.24) is 0 Å². The fraction of sp³-hybridized carbons (Fsp3) is 0.929. The number of hydroxylamine groups is 3. The summed E-state index contributed by atoms with van der Waals surface area (Å²) < 4.78 is -0.730. The van der Waals surface area contributed by atoms with E-state index in [1.54, 1.807) is 0 Å². The van der Waals surface area contributed by atoms with Gasteiger partial charge < -0.3 is 15.0 Å². The van der Waals surface area contributed by atoms with E-state index in [4.69, 9.17) is 5.11 Å². The van der Waals surface area contributed by atoms with Crippen LogP contribution in [0.15, 0.2) is 0 Å². The van der Waals surface area contributed by atoms with Gasteiger partial charge in [-0.3, -0.25) is 0 Å². The van der Waals surface area contributed by atoms with E-state index in [0.717, 1.165) is 19.3 Å². The highest BCUT2D eigenvalue weighted by Crippen LogP contribution is 2.15. The molecule has 0 aliphatic carbocycles. The Morgan fingerprint density at radius 2 is 1.50 bits per heavy atom. The summed E-state index contributed by atoms with van der Waals surface area (Å²) in [6.07, 6.45) is 9.90. The first-order valence-electron chi connectivity index (χ1n) is 7.17. The molecule has 0 saturated carbocycles. The summed E-state index contributed by atoms with van der Waals surface area (Å²) >= 11 is 0. The van der Waals surface area contributed by atoms with Crippen LogP contribution in [0, 0.1) is 5.21 Å². The number of unbranched alkanes of at least 4 members (excludes halogenated alkanes) is 7. The fourth-order valence-electron chi connectivity index (χ4n) is 2.17. The maximum absolute atomic E-state index is 11.6. The van der Waals surface area contributed by atoms with Gasteiger partial charge >= 0.3 is 5.97 Å². The number of hydrogen-bond acceptors (Lipinski definition) is 2. The molecular formula is C14H29NO3. The zero-order valence-corrected chi connectivity index (χ0v) is 12.2. The van der Waals surface area contributed by atoms with Crippen molar-refractivity contribution >= 4 is 5.97 Å². The van der Waals surface area contributed by atoms with E-state index in [1.807, 2.05) is 0 Å². The van der Waals surface area contributed by atoms with E-state index in [-0.39, 0.29) is 0 Å². The Morgan fingerprint density at radius 1 is 1.06 bits per heavy atom. The van der Waals surface area contributed by atoms with Gasteiger partial charge in [-0.15, -0.1) is 0 Å². The lowest BCUT2D eigenvalue weighted by Crippen LogP contribution is -2.48. The van der Waals surface area contributed by atoms with Crippen LogP contribution in [-0.2, 0) is 4.79 Å². The normalized spacial score (nSPS) is 13.6. The molecule has 0 aromatic rings. The Hall–Kier alpha value is -0.610. The molecule has 1 unspecified atom stereocenters. The standard InChI is InChI=1S/C14H29NO3/c1-4-5-6-7-8-9-10-11-12-13(14(16)17)15(2,3)18/h13H,4-12H2,1-3H3,(H,16,17). The minimum Gasteiger partial charge on any atom is -0.633 e. The quantitative estimate of drug-likeness (QED) is 0.351. The van der Waals surface area contributed by atoms with E-state index in [0.29, 0.717) is 6.42 Å². The first-order chi connectivity index (χ1) is 8.39. The molecule has 0 heterocycles. The van der Waals surface area contributed by atoms with Crippen LogP contribution in [0.1, 0.15) is 64.7 Å². The Balaban J connectivity index is 3.60. The topological polar surface area (TPSA) is 60.4 Å². The van der Waals surface area contributed by atoms with Crippen molar-refractivity contribution in [3.63, 3.8) is 0 Å². The molecule has 4 nitrogen and oxygen atoms in total. The zero-order chi connectivity index (χ0) is 14.0. The van der Waals surface area contributed by atoms with Gasteiger partial charge in [-0.2, -0.15) is 0 Å². The van der Waals surface area contributed by atoms with Crippen molar-refractivity contribution in [2.75, 3.05) is 14.1 Å². The Labute approximate surface area is 111 Å². The molecule has 0 spiro atoms. The SMILES string of the molecule is CCCCCCCCCCC(C(=O)O)[N+](C)(C)[O-]. The summed E-state index contributed by atoms with van der Waals surface area (Å²) in [5.41, 5.74) is 0. The van der Waals surface area contributed by atoms with Crippen LogP contribution in [0.5, 0.6) is 0 Å². The Bertz CT molecular complexity index is 224. The number of nitrogens with zero attached hydrogens (tertiary/aromatic N) is 1. The summed E-state index contributed by atoms with van der Waals surface area (Å²) in [6.45, 7) is 2.20. The van der Waals surface area contributed by atoms with Crippen molar-refractivity contribution in [3.8, 4) is 0 Å². The Morgan fingerprint density at radius 3 is 1.89 bits per heavy atom. The number of rotatable bonds is 11. The number of carbonyl (C=O) groups is 1. The number of aliphatic carboxylic acids is 1. The molecule has 4 heteroatoms. The highest BCUT2D eigenvalue weighted by molar-refractivity contribution is 5.72. The van der Waals surface area contributed by atoms with Gasteiger partial charge in [-0.25, -0.2) is 4.79 Å². The van der Waals surface area contributed by atoms with Crippen molar-refractivity contribution in [2.45, 2.75) is 70.8 Å². The summed E-state index contributed by atoms with van der Waals surface area (Å²) in [5.74, 6) is -0.974. The molecule has 0 aromatic heterocycles. The lowest BCUT2D eigenvalue weighted by molar-refractivity contribution is -0.858. The molecule has 0 radical (unpaired) electrons. The molecule has 0 fully saturated rings. The molecule has 0 amide bonds. The number of hydrogen-bond donors (Lipinski definition) is 1.